The minimum Gasteiger partial charge on any atom is -0.360 e. The van der Waals surface area contributed by atoms with Crippen molar-refractivity contribution in [1.29, 1.82) is 0 Å². The fourth-order valence-corrected chi connectivity index (χ4v) is 4.12. The summed E-state index contributed by atoms with van der Waals surface area (Å²) in [7, 11) is 2.20. The third-order valence-corrected chi connectivity index (χ3v) is 5.47. The lowest BCUT2D eigenvalue weighted by Crippen LogP contribution is -2.26. The molecule has 1 aromatic heterocycles. The summed E-state index contributed by atoms with van der Waals surface area (Å²) in [6.07, 6.45) is 3.73. The summed E-state index contributed by atoms with van der Waals surface area (Å²) in [4.78, 5) is 2.43. The van der Waals surface area contributed by atoms with Crippen molar-refractivity contribution >= 4 is 39.7 Å². The molecule has 1 atom stereocenters. The van der Waals surface area contributed by atoms with Gasteiger partial charge >= 0.3 is 0 Å². The van der Waals surface area contributed by atoms with E-state index in [0.29, 0.717) is 16.1 Å². The highest BCUT2D eigenvalue weighted by Gasteiger charge is 2.20. The van der Waals surface area contributed by atoms with Crippen LogP contribution in [0.2, 0.25) is 10.0 Å². The van der Waals surface area contributed by atoms with Crippen LogP contribution in [-0.2, 0) is 0 Å². The van der Waals surface area contributed by atoms with Crippen LogP contribution in [0, 0.1) is 0 Å². The summed E-state index contributed by atoms with van der Waals surface area (Å²) < 4.78 is 0. The Labute approximate surface area is 144 Å². The molecular formula is C15H18Cl2N4S. The first-order valence-electron chi connectivity index (χ1n) is 7.36. The summed E-state index contributed by atoms with van der Waals surface area (Å²) in [6, 6.07) is 6.10. The van der Waals surface area contributed by atoms with Crippen molar-refractivity contribution in [1.82, 2.24) is 15.1 Å². The number of anilines is 1. The van der Waals surface area contributed by atoms with Crippen molar-refractivity contribution in [3.05, 3.63) is 28.2 Å². The summed E-state index contributed by atoms with van der Waals surface area (Å²) in [5.74, 6) is 0. The van der Waals surface area contributed by atoms with Crippen LogP contribution in [0.15, 0.2) is 18.2 Å². The lowest BCUT2D eigenvalue weighted by Gasteiger charge is -2.18. The fourth-order valence-electron chi connectivity index (χ4n) is 2.76. The van der Waals surface area contributed by atoms with E-state index in [0.717, 1.165) is 28.7 Å². The normalized spacial score (nSPS) is 18.8. The summed E-state index contributed by atoms with van der Waals surface area (Å²) in [5, 5.41) is 14.6. The van der Waals surface area contributed by atoms with Crippen molar-refractivity contribution in [2.75, 3.05) is 25.5 Å². The number of nitrogens with one attached hydrogen (secondary N) is 1. The van der Waals surface area contributed by atoms with Crippen LogP contribution in [0.3, 0.4) is 0 Å². The van der Waals surface area contributed by atoms with E-state index in [2.05, 4.69) is 27.5 Å². The van der Waals surface area contributed by atoms with Gasteiger partial charge in [-0.3, -0.25) is 0 Å². The molecule has 0 amide bonds. The minimum absolute atomic E-state index is 0.600. The Balaban J connectivity index is 1.59. The Morgan fingerprint density at radius 3 is 2.95 bits per heavy atom. The second kappa shape index (κ2) is 7.13. The minimum atomic E-state index is 0.600. The largest absolute Gasteiger partial charge is 0.360 e. The highest BCUT2D eigenvalue weighted by molar-refractivity contribution is 7.18. The molecule has 3 rings (SSSR count). The average molecular weight is 357 g/mol. The van der Waals surface area contributed by atoms with E-state index >= 15 is 0 Å². The van der Waals surface area contributed by atoms with E-state index < -0.39 is 0 Å². The van der Waals surface area contributed by atoms with Gasteiger partial charge in [0.05, 0.1) is 5.02 Å². The van der Waals surface area contributed by atoms with Crippen LogP contribution >= 0.6 is 34.5 Å². The lowest BCUT2D eigenvalue weighted by molar-refractivity contribution is 0.301. The van der Waals surface area contributed by atoms with Crippen LogP contribution in [0.25, 0.3) is 10.6 Å². The van der Waals surface area contributed by atoms with Crippen molar-refractivity contribution in [3.8, 4) is 10.6 Å². The van der Waals surface area contributed by atoms with Gasteiger partial charge in [0.15, 0.2) is 5.01 Å². The molecule has 2 heterocycles. The van der Waals surface area contributed by atoms with E-state index in [1.165, 1.54) is 30.7 Å². The molecule has 0 radical (unpaired) electrons. The molecule has 1 aliphatic rings. The third-order valence-electron chi connectivity index (χ3n) is 4.01. The first-order chi connectivity index (χ1) is 10.6. The molecule has 2 aromatic rings. The van der Waals surface area contributed by atoms with Gasteiger partial charge in [0.2, 0.25) is 5.13 Å². The molecule has 1 unspecified atom stereocenters. The van der Waals surface area contributed by atoms with Crippen molar-refractivity contribution in [2.45, 2.75) is 25.3 Å². The smallest absolute Gasteiger partial charge is 0.206 e. The van der Waals surface area contributed by atoms with Gasteiger partial charge in [0.25, 0.3) is 0 Å². The predicted octanol–water partition coefficient (Wildman–Crippen LogP) is 4.41. The zero-order valence-corrected chi connectivity index (χ0v) is 14.7. The van der Waals surface area contributed by atoms with Crippen molar-refractivity contribution in [3.63, 3.8) is 0 Å². The maximum Gasteiger partial charge on any atom is 0.206 e. The van der Waals surface area contributed by atoms with Gasteiger partial charge < -0.3 is 10.2 Å². The first-order valence-corrected chi connectivity index (χ1v) is 8.94. The van der Waals surface area contributed by atoms with E-state index in [-0.39, 0.29) is 0 Å². The van der Waals surface area contributed by atoms with Gasteiger partial charge in [-0.15, -0.1) is 10.2 Å². The van der Waals surface area contributed by atoms with Gasteiger partial charge in [-0.1, -0.05) is 34.5 Å². The number of halogens is 2. The topological polar surface area (TPSA) is 41.0 Å². The maximum absolute atomic E-state index is 6.21. The Hall–Kier alpha value is -0.880. The molecule has 0 saturated carbocycles. The standard InChI is InChI=1S/C15H18Cl2N4S/c1-21-8-2-3-11(21)6-7-18-15-20-19-14(22-15)12-5-4-10(16)9-13(12)17/h4-5,9,11H,2-3,6-8H2,1H3,(H,18,20). The van der Waals surface area contributed by atoms with Crippen LogP contribution in [-0.4, -0.2) is 41.3 Å². The average Bonchev–Trinajstić information content (AvgIpc) is 3.09. The first kappa shape index (κ1) is 16.0. The van der Waals surface area contributed by atoms with Crippen LogP contribution in [0.4, 0.5) is 5.13 Å². The number of aromatic nitrogens is 2. The van der Waals surface area contributed by atoms with Crippen LogP contribution in [0.5, 0.6) is 0 Å². The summed E-state index contributed by atoms with van der Waals surface area (Å²) in [5.41, 5.74) is 0.868. The highest BCUT2D eigenvalue weighted by atomic mass is 35.5. The molecular weight excluding hydrogens is 339 g/mol. The number of likely N-dealkylation sites (tertiary alicyclic amines) is 1. The van der Waals surface area contributed by atoms with Gasteiger partial charge in [0, 0.05) is 23.2 Å². The molecule has 0 aliphatic carbocycles. The Kier molecular flexibility index (Phi) is 5.18. The number of hydrogen-bond acceptors (Lipinski definition) is 5. The number of rotatable bonds is 5. The van der Waals surface area contributed by atoms with Gasteiger partial charge in [0.1, 0.15) is 0 Å². The molecule has 0 bridgehead atoms. The van der Waals surface area contributed by atoms with E-state index in [4.69, 9.17) is 23.2 Å². The molecule has 22 heavy (non-hydrogen) atoms. The zero-order chi connectivity index (χ0) is 15.5. The second-order valence-corrected chi connectivity index (χ2v) is 7.35. The van der Waals surface area contributed by atoms with Gasteiger partial charge in [-0.25, -0.2) is 0 Å². The predicted molar refractivity (Wildman–Crippen MR) is 94.1 cm³/mol. The van der Waals surface area contributed by atoms with E-state index in [1.807, 2.05) is 12.1 Å². The molecule has 1 N–H and O–H groups in total. The SMILES string of the molecule is CN1CCCC1CCNc1nnc(-c2ccc(Cl)cc2Cl)s1. The van der Waals surface area contributed by atoms with Crippen LogP contribution in [0.1, 0.15) is 19.3 Å². The molecule has 0 spiro atoms. The van der Waals surface area contributed by atoms with E-state index in [1.54, 1.807) is 6.07 Å². The maximum atomic E-state index is 6.21. The Morgan fingerprint density at radius 1 is 1.36 bits per heavy atom. The molecule has 7 heteroatoms. The van der Waals surface area contributed by atoms with Crippen LogP contribution < -0.4 is 5.32 Å². The van der Waals surface area contributed by atoms with Crippen molar-refractivity contribution in [2.24, 2.45) is 0 Å². The molecule has 1 saturated heterocycles. The van der Waals surface area contributed by atoms with Gasteiger partial charge in [-0.2, -0.15) is 0 Å². The van der Waals surface area contributed by atoms with Gasteiger partial charge in [-0.05, 0) is 51.1 Å². The second-order valence-electron chi connectivity index (χ2n) is 5.53. The number of nitrogens with zero attached hydrogens (tertiary/aromatic N) is 3. The summed E-state index contributed by atoms with van der Waals surface area (Å²) in [6.45, 7) is 2.13. The Bertz CT molecular complexity index is 646. The third kappa shape index (κ3) is 3.71. The highest BCUT2D eigenvalue weighted by Crippen LogP contribution is 2.33. The number of benzene rings is 1. The molecule has 1 aliphatic heterocycles. The fraction of sp³-hybridized carbons (Fsp3) is 0.467. The zero-order valence-electron chi connectivity index (χ0n) is 12.4. The Morgan fingerprint density at radius 2 is 2.23 bits per heavy atom. The lowest BCUT2D eigenvalue weighted by atomic mass is 10.1. The molecule has 1 aromatic carbocycles. The summed E-state index contributed by atoms with van der Waals surface area (Å²) >= 11 is 13.6. The molecule has 118 valence electrons. The number of hydrogen-bond donors (Lipinski definition) is 1. The molecule has 1 fully saturated rings. The quantitative estimate of drug-likeness (QED) is 0.861. The molecule has 4 nitrogen and oxygen atoms in total. The van der Waals surface area contributed by atoms with E-state index in [9.17, 15) is 0 Å². The van der Waals surface area contributed by atoms with Crippen molar-refractivity contribution < 1.29 is 0 Å². The monoisotopic (exact) mass is 356 g/mol.